The number of benzene rings is 2. The minimum Gasteiger partial charge on any atom is -0.485 e. The highest BCUT2D eigenvalue weighted by atomic mass is 16.7. The van der Waals surface area contributed by atoms with Crippen molar-refractivity contribution in [3.8, 4) is 17.2 Å². The number of ether oxygens (including phenoxy) is 4. The molecule has 0 saturated heterocycles. The maximum atomic E-state index is 11.3. The highest BCUT2D eigenvalue weighted by Crippen LogP contribution is 2.47. The van der Waals surface area contributed by atoms with E-state index in [1.165, 1.54) is 12.4 Å². The van der Waals surface area contributed by atoms with E-state index in [2.05, 4.69) is 15.3 Å². The molecule has 0 fully saturated rings. The number of nitro benzene ring substituents is 1. The number of hydrogen-bond acceptors (Lipinski definition) is 9. The highest BCUT2D eigenvalue weighted by Gasteiger charge is 2.25. The van der Waals surface area contributed by atoms with Gasteiger partial charge in [-0.2, -0.15) is 0 Å². The van der Waals surface area contributed by atoms with Gasteiger partial charge >= 0.3 is 0 Å². The van der Waals surface area contributed by atoms with E-state index in [9.17, 15) is 10.1 Å². The van der Waals surface area contributed by atoms with Gasteiger partial charge in [0.15, 0.2) is 17.8 Å². The molecule has 0 spiro atoms. The molecule has 2 aromatic carbocycles. The zero-order valence-corrected chi connectivity index (χ0v) is 17.4. The van der Waals surface area contributed by atoms with E-state index in [1.54, 1.807) is 32.0 Å². The molecule has 1 aromatic heterocycles. The van der Waals surface area contributed by atoms with Gasteiger partial charge in [-0.25, -0.2) is 9.97 Å². The highest BCUT2D eigenvalue weighted by molar-refractivity contribution is 5.99. The molecule has 4 rings (SSSR count). The van der Waals surface area contributed by atoms with Crippen molar-refractivity contribution in [2.45, 2.75) is 27.1 Å². The molecule has 2 heterocycles. The van der Waals surface area contributed by atoms with Gasteiger partial charge in [-0.15, -0.1) is 0 Å². The van der Waals surface area contributed by atoms with E-state index >= 15 is 0 Å². The predicted molar refractivity (Wildman–Crippen MR) is 113 cm³/mol. The third kappa shape index (κ3) is 4.15. The van der Waals surface area contributed by atoms with Crippen LogP contribution in [0.25, 0.3) is 10.9 Å². The molecule has 1 aliphatic heterocycles. The van der Waals surface area contributed by atoms with E-state index in [0.29, 0.717) is 65.0 Å². The zero-order valence-electron chi connectivity index (χ0n) is 17.4. The Morgan fingerprint density at radius 2 is 2.00 bits per heavy atom. The Balaban J connectivity index is 1.79. The van der Waals surface area contributed by atoms with Crippen LogP contribution < -0.4 is 19.5 Å². The number of fused-ring (bicyclic) bond motifs is 3. The lowest BCUT2D eigenvalue weighted by atomic mass is 10.1. The van der Waals surface area contributed by atoms with Crippen LogP contribution in [0.4, 0.5) is 17.2 Å². The Labute approximate surface area is 178 Å². The minimum atomic E-state index is -0.482. The van der Waals surface area contributed by atoms with Crippen LogP contribution in [-0.2, 0) is 4.74 Å². The zero-order chi connectivity index (χ0) is 22.0. The molecule has 0 radical (unpaired) electrons. The van der Waals surface area contributed by atoms with Crippen LogP contribution in [0.5, 0.6) is 17.2 Å². The largest absolute Gasteiger partial charge is 0.485 e. The smallest absolute Gasteiger partial charge is 0.274 e. The number of aromatic nitrogens is 2. The quantitative estimate of drug-likeness (QED) is 0.338. The minimum absolute atomic E-state index is 0.0190. The van der Waals surface area contributed by atoms with E-state index < -0.39 is 11.2 Å². The van der Waals surface area contributed by atoms with Crippen LogP contribution in [0.1, 0.15) is 19.4 Å². The number of anilines is 2. The molecule has 0 bridgehead atoms. The molecular formula is C21H22N4O6. The fraction of sp³-hybridized carbons (Fsp3) is 0.333. The number of aryl methyl sites for hydroxylation is 1. The molecular weight excluding hydrogens is 404 g/mol. The maximum absolute atomic E-state index is 11.3. The van der Waals surface area contributed by atoms with Gasteiger partial charge in [0.2, 0.25) is 5.75 Å². The van der Waals surface area contributed by atoms with Crippen molar-refractivity contribution in [3.05, 3.63) is 46.3 Å². The summed E-state index contributed by atoms with van der Waals surface area (Å²) in [5, 5.41) is 15.0. The van der Waals surface area contributed by atoms with E-state index in [4.69, 9.17) is 18.9 Å². The summed E-state index contributed by atoms with van der Waals surface area (Å²) < 4.78 is 23.1. The molecule has 0 amide bonds. The third-order valence-corrected chi connectivity index (χ3v) is 4.74. The van der Waals surface area contributed by atoms with Crippen molar-refractivity contribution >= 4 is 28.1 Å². The second kappa shape index (κ2) is 8.60. The van der Waals surface area contributed by atoms with Gasteiger partial charge in [-0.1, -0.05) is 6.07 Å². The average molecular weight is 426 g/mol. The molecule has 10 heteroatoms. The predicted octanol–water partition coefficient (Wildman–Crippen LogP) is 4.12. The van der Waals surface area contributed by atoms with Crippen LogP contribution in [-0.4, -0.2) is 41.0 Å². The Kier molecular flexibility index (Phi) is 5.72. The van der Waals surface area contributed by atoms with Crippen LogP contribution in [0, 0.1) is 17.0 Å². The summed E-state index contributed by atoms with van der Waals surface area (Å²) in [6.45, 7) is 6.61. The summed E-state index contributed by atoms with van der Waals surface area (Å²) in [5.74, 6) is 1.79. The first kappa shape index (κ1) is 20.6. The van der Waals surface area contributed by atoms with Crippen molar-refractivity contribution in [3.63, 3.8) is 0 Å². The molecule has 10 nitrogen and oxygen atoms in total. The Morgan fingerprint density at radius 3 is 2.74 bits per heavy atom. The normalized spacial score (nSPS) is 13.6. The topological polar surface area (TPSA) is 118 Å². The van der Waals surface area contributed by atoms with Crippen molar-refractivity contribution in [1.82, 2.24) is 9.97 Å². The van der Waals surface area contributed by atoms with Gasteiger partial charge in [0, 0.05) is 30.0 Å². The molecule has 31 heavy (non-hydrogen) atoms. The standard InChI is InChI=1S/C21H22N4O6/c1-4-28-13(3)31-17-10-15-18(20-19(17)29-7-8-30-20)21(23-11-22-15)24-14-6-5-12(2)16(9-14)25(26)27/h5-6,9-11,13H,4,7-8H2,1-3H3,(H,22,23,24). The van der Waals surface area contributed by atoms with Crippen LogP contribution in [0.2, 0.25) is 0 Å². The number of nitrogens with one attached hydrogen (secondary N) is 1. The molecule has 0 saturated carbocycles. The fourth-order valence-electron chi connectivity index (χ4n) is 3.36. The summed E-state index contributed by atoms with van der Waals surface area (Å²) >= 11 is 0. The molecule has 162 valence electrons. The van der Waals surface area contributed by atoms with Gasteiger partial charge in [-0.3, -0.25) is 10.1 Å². The summed E-state index contributed by atoms with van der Waals surface area (Å²) in [5.41, 5.74) is 1.68. The average Bonchev–Trinajstić information content (AvgIpc) is 2.75. The first-order valence-corrected chi connectivity index (χ1v) is 9.85. The lowest BCUT2D eigenvalue weighted by Crippen LogP contribution is -2.20. The molecule has 3 aromatic rings. The molecule has 1 atom stereocenters. The molecule has 0 aliphatic carbocycles. The Bertz CT molecular complexity index is 1140. The van der Waals surface area contributed by atoms with Crippen molar-refractivity contribution in [1.29, 1.82) is 0 Å². The lowest BCUT2D eigenvalue weighted by molar-refractivity contribution is -0.385. The monoisotopic (exact) mass is 426 g/mol. The first-order valence-electron chi connectivity index (χ1n) is 9.85. The molecule has 1 aliphatic rings. The van der Waals surface area contributed by atoms with E-state index in [-0.39, 0.29) is 5.69 Å². The fourth-order valence-corrected chi connectivity index (χ4v) is 3.36. The van der Waals surface area contributed by atoms with E-state index in [1.807, 2.05) is 6.92 Å². The second-order valence-corrected chi connectivity index (χ2v) is 6.87. The number of nitro groups is 1. The summed E-state index contributed by atoms with van der Waals surface area (Å²) in [4.78, 5) is 19.6. The SMILES string of the molecule is CCOC(C)Oc1cc2ncnc(Nc3ccc(C)c([N+](=O)[O-])c3)c2c2c1OCCO2. The molecule has 1 N–H and O–H groups in total. The summed E-state index contributed by atoms with van der Waals surface area (Å²) in [6.07, 6.45) is 0.920. The maximum Gasteiger partial charge on any atom is 0.274 e. The van der Waals surface area contributed by atoms with Crippen molar-refractivity contribution in [2.75, 3.05) is 25.1 Å². The Hall–Kier alpha value is -3.66. The second-order valence-electron chi connectivity index (χ2n) is 6.87. The van der Waals surface area contributed by atoms with E-state index in [0.717, 1.165) is 0 Å². The van der Waals surface area contributed by atoms with Crippen molar-refractivity contribution < 1.29 is 23.9 Å². The van der Waals surface area contributed by atoms with Crippen LogP contribution in [0.15, 0.2) is 30.6 Å². The molecule has 1 unspecified atom stereocenters. The third-order valence-electron chi connectivity index (χ3n) is 4.74. The number of nitrogens with zero attached hydrogens (tertiary/aromatic N) is 3. The van der Waals surface area contributed by atoms with Gasteiger partial charge in [0.05, 0.1) is 15.8 Å². The van der Waals surface area contributed by atoms with Gasteiger partial charge in [0.25, 0.3) is 5.69 Å². The van der Waals surface area contributed by atoms with Crippen LogP contribution in [0.3, 0.4) is 0 Å². The van der Waals surface area contributed by atoms with Crippen LogP contribution >= 0.6 is 0 Å². The Morgan fingerprint density at radius 1 is 1.23 bits per heavy atom. The number of hydrogen-bond donors (Lipinski definition) is 1. The van der Waals surface area contributed by atoms with Gasteiger partial charge in [0.1, 0.15) is 25.4 Å². The number of rotatable bonds is 7. The van der Waals surface area contributed by atoms with Gasteiger partial charge in [-0.05, 0) is 26.8 Å². The summed E-state index contributed by atoms with van der Waals surface area (Å²) in [6, 6.07) is 6.64. The lowest BCUT2D eigenvalue weighted by Gasteiger charge is -2.24. The van der Waals surface area contributed by atoms with Crippen molar-refractivity contribution in [2.24, 2.45) is 0 Å². The summed E-state index contributed by atoms with van der Waals surface area (Å²) in [7, 11) is 0. The first-order chi connectivity index (χ1) is 15.0. The van der Waals surface area contributed by atoms with Gasteiger partial charge < -0.3 is 24.3 Å².